The van der Waals surface area contributed by atoms with E-state index >= 15 is 0 Å². The molecule has 5 nitrogen and oxygen atoms in total. The van der Waals surface area contributed by atoms with Gasteiger partial charge in [-0.25, -0.2) is 4.98 Å². The van der Waals surface area contributed by atoms with Gasteiger partial charge >= 0.3 is 0 Å². The summed E-state index contributed by atoms with van der Waals surface area (Å²) in [7, 11) is 3.58. The normalized spacial score (nSPS) is 12.8. The van der Waals surface area contributed by atoms with Crippen LogP contribution in [-0.2, 0) is 13.6 Å². The van der Waals surface area contributed by atoms with Gasteiger partial charge in [-0.3, -0.25) is 4.68 Å². The Labute approximate surface area is 128 Å². The van der Waals surface area contributed by atoms with E-state index in [4.69, 9.17) is 16.3 Å². The van der Waals surface area contributed by atoms with Gasteiger partial charge in [-0.15, -0.1) is 11.6 Å². The van der Waals surface area contributed by atoms with Crippen LogP contribution in [-0.4, -0.2) is 26.4 Å². The molecular weight excluding hydrogens is 288 g/mol. The molecule has 1 aromatic carbocycles. The number of rotatable bonds is 4. The van der Waals surface area contributed by atoms with Crippen molar-refractivity contribution in [2.75, 3.05) is 7.11 Å². The van der Waals surface area contributed by atoms with Crippen molar-refractivity contribution in [2.24, 2.45) is 7.05 Å². The molecule has 0 aliphatic carbocycles. The van der Waals surface area contributed by atoms with E-state index in [1.54, 1.807) is 13.3 Å². The topological polar surface area (TPSA) is 44.9 Å². The van der Waals surface area contributed by atoms with Crippen LogP contribution in [0.4, 0.5) is 0 Å². The van der Waals surface area contributed by atoms with Crippen molar-refractivity contribution in [1.29, 1.82) is 0 Å². The maximum atomic E-state index is 6.30. The number of methoxy groups -OCH3 is 1. The van der Waals surface area contributed by atoms with Gasteiger partial charge in [0.1, 0.15) is 11.6 Å². The fourth-order valence-electron chi connectivity index (χ4n) is 2.44. The van der Waals surface area contributed by atoms with Crippen LogP contribution in [0.2, 0.25) is 0 Å². The fourth-order valence-corrected chi connectivity index (χ4v) is 2.61. The molecule has 0 spiro atoms. The molecule has 0 aliphatic heterocycles. The van der Waals surface area contributed by atoms with Gasteiger partial charge < -0.3 is 9.30 Å². The summed E-state index contributed by atoms with van der Waals surface area (Å²) in [6.45, 7) is 2.62. The van der Waals surface area contributed by atoms with E-state index in [-0.39, 0.29) is 5.38 Å². The number of alkyl halides is 1. The van der Waals surface area contributed by atoms with Crippen LogP contribution in [0.1, 0.15) is 23.8 Å². The first-order valence-electron chi connectivity index (χ1n) is 6.75. The lowest BCUT2D eigenvalue weighted by molar-refractivity contribution is 0.415. The van der Waals surface area contributed by atoms with Crippen molar-refractivity contribution in [3.05, 3.63) is 42.0 Å². The Morgan fingerprint density at radius 3 is 2.76 bits per heavy atom. The second kappa shape index (κ2) is 5.41. The molecule has 110 valence electrons. The predicted molar refractivity (Wildman–Crippen MR) is 82.9 cm³/mol. The van der Waals surface area contributed by atoms with Gasteiger partial charge in [-0.05, 0) is 25.1 Å². The molecule has 2 aromatic heterocycles. The molecule has 21 heavy (non-hydrogen) atoms. The van der Waals surface area contributed by atoms with Crippen LogP contribution < -0.4 is 4.74 Å². The summed E-state index contributed by atoms with van der Waals surface area (Å²) in [4.78, 5) is 4.65. The van der Waals surface area contributed by atoms with E-state index in [1.807, 2.05) is 42.9 Å². The molecule has 0 bridgehead atoms. The minimum Gasteiger partial charge on any atom is -0.497 e. The molecule has 1 atom stereocenters. The monoisotopic (exact) mass is 304 g/mol. The van der Waals surface area contributed by atoms with Crippen LogP contribution >= 0.6 is 11.6 Å². The van der Waals surface area contributed by atoms with E-state index in [0.29, 0.717) is 6.54 Å². The summed E-state index contributed by atoms with van der Waals surface area (Å²) < 4.78 is 9.25. The van der Waals surface area contributed by atoms with E-state index in [2.05, 4.69) is 14.6 Å². The largest absolute Gasteiger partial charge is 0.497 e. The van der Waals surface area contributed by atoms with Gasteiger partial charge in [0, 0.05) is 19.3 Å². The van der Waals surface area contributed by atoms with Crippen molar-refractivity contribution in [3.8, 4) is 5.75 Å². The van der Waals surface area contributed by atoms with Gasteiger partial charge in [-0.1, -0.05) is 0 Å². The van der Waals surface area contributed by atoms with Crippen LogP contribution in [0.25, 0.3) is 11.0 Å². The Morgan fingerprint density at radius 1 is 1.33 bits per heavy atom. The molecule has 0 saturated heterocycles. The molecule has 1 unspecified atom stereocenters. The maximum Gasteiger partial charge on any atom is 0.128 e. The number of aryl methyl sites for hydroxylation is 1. The van der Waals surface area contributed by atoms with Crippen molar-refractivity contribution in [2.45, 2.75) is 18.8 Å². The summed E-state index contributed by atoms with van der Waals surface area (Å²) in [5, 5.41) is 4.04. The molecule has 3 aromatic rings. The van der Waals surface area contributed by atoms with E-state index in [9.17, 15) is 0 Å². The summed E-state index contributed by atoms with van der Waals surface area (Å²) >= 11 is 6.30. The average molecular weight is 305 g/mol. The molecule has 0 aliphatic rings. The van der Waals surface area contributed by atoms with Gasteiger partial charge in [0.15, 0.2) is 0 Å². The van der Waals surface area contributed by atoms with Gasteiger partial charge in [0.2, 0.25) is 0 Å². The number of benzene rings is 1. The molecule has 0 fully saturated rings. The zero-order chi connectivity index (χ0) is 15.0. The lowest BCUT2D eigenvalue weighted by Crippen LogP contribution is -2.09. The number of imidazole rings is 1. The van der Waals surface area contributed by atoms with E-state index in [1.165, 1.54) is 0 Å². The molecule has 3 rings (SSSR count). The molecule has 6 heteroatoms. The summed E-state index contributed by atoms with van der Waals surface area (Å²) in [5.41, 5.74) is 3.03. The maximum absolute atomic E-state index is 6.30. The SMILES string of the molecule is COc1ccc2c(c1)nc(C(C)Cl)n2Cc1ccnn1C. The zero-order valence-corrected chi connectivity index (χ0v) is 13.0. The van der Waals surface area contributed by atoms with Crippen molar-refractivity contribution >= 4 is 22.6 Å². The Balaban J connectivity index is 2.14. The fraction of sp³-hybridized carbons (Fsp3) is 0.333. The average Bonchev–Trinajstić information content (AvgIpc) is 3.03. The van der Waals surface area contributed by atoms with Gasteiger partial charge in [0.05, 0.1) is 35.8 Å². The lowest BCUT2D eigenvalue weighted by atomic mass is 10.3. The number of aromatic nitrogens is 4. The summed E-state index contributed by atoms with van der Waals surface area (Å²) in [6, 6.07) is 7.88. The summed E-state index contributed by atoms with van der Waals surface area (Å²) in [5.74, 6) is 1.64. The molecule has 0 radical (unpaired) electrons. The summed E-state index contributed by atoms with van der Waals surface area (Å²) in [6.07, 6.45) is 1.79. The second-order valence-corrected chi connectivity index (χ2v) is 5.63. The first kappa shape index (κ1) is 13.9. The predicted octanol–water partition coefficient (Wildman–Crippen LogP) is 3.13. The number of hydrogen-bond acceptors (Lipinski definition) is 3. The Hall–Kier alpha value is -2.01. The molecule has 0 amide bonds. The highest BCUT2D eigenvalue weighted by Crippen LogP contribution is 2.27. The number of nitrogens with zero attached hydrogens (tertiary/aromatic N) is 4. The van der Waals surface area contributed by atoms with Crippen molar-refractivity contribution in [3.63, 3.8) is 0 Å². The highest BCUT2D eigenvalue weighted by atomic mass is 35.5. The molecular formula is C15H17ClN4O. The first-order chi connectivity index (χ1) is 10.1. The third-order valence-electron chi connectivity index (χ3n) is 3.58. The standard InChI is InChI=1S/C15H17ClN4O/c1-10(16)15-18-13-8-12(21-3)4-5-14(13)20(15)9-11-6-7-17-19(11)2/h4-8,10H,9H2,1-3H3. The van der Waals surface area contributed by atoms with E-state index < -0.39 is 0 Å². The molecule has 0 N–H and O–H groups in total. The number of ether oxygens (including phenoxy) is 1. The lowest BCUT2D eigenvalue weighted by Gasteiger charge is -2.10. The minimum atomic E-state index is -0.170. The third-order valence-corrected chi connectivity index (χ3v) is 3.78. The van der Waals surface area contributed by atoms with E-state index in [0.717, 1.165) is 28.3 Å². The highest BCUT2D eigenvalue weighted by Gasteiger charge is 2.16. The van der Waals surface area contributed by atoms with Gasteiger partial charge in [-0.2, -0.15) is 5.10 Å². The van der Waals surface area contributed by atoms with Crippen molar-refractivity contribution < 1.29 is 4.74 Å². The number of halogens is 1. The minimum absolute atomic E-state index is 0.170. The molecule has 2 heterocycles. The number of hydrogen-bond donors (Lipinski definition) is 0. The Bertz CT molecular complexity index is 775. The van der Waals surface area contributed by atoms with Crippen LogP contribution in [0.5, 0.6) is 5.75 Å². The smallest absolute Gasteiger partial charge is 0.128 e. The van der Waals surface area contributed by atoms with Crippen LogP contribution in [0.15, 0.2) is 30.5 Å². The quantitative estimate of drug-likeness (QED) is 0.696. The van der Waals surface area contributed by atoms with Crippen molar-refractivity contribution in [1.82, 2.24) is 19.3 Å². The van der Waals surface area contributed by atoms with Crippen LogP contribution in [0, 0.1) is 0 Å². The van der Waals surface area contributed by atoms with Gasteiger partial charge in [0.25, 0.3) is 0 Å². The third kappa shape index (κ3) is 2.49. The second-order valence-electron chi connectivity index (χ2n) is 4.97. The first-order valence-corrected chi connectivity index (χ1v) is 7.19. The Kier molecular flexibility index (Phi) is 3.59. The Morgan fingerprint density at radius 2 is 2.14 bits per heavy atom. The highest BCUT2D eigenvalue weighted by molar-refractivity contribution is 6.20. The molecule has 0 saturated carbocycles. The zero-order valence-electron chi connectivity index (χ0n) is 12.2. The van der Waals surface area contributed by atoms with Crippen LogP contribution in [0.3, 0.4) is 0 Å². The number of fused-ring (bicyclic) bond motifs is 1.